The molecule has 1 amide bonds. The summed E-state index contributed by atoms with van der Waals surface area (Å²) in [5.74, 6) is -0.409. The largest absolute Gasteiger partial charge is 0.493 e. The number of carboxylic acids is 1. The summed E-state index contributed by atoms with van der Waals surface area (Å²) < 4.78 is 5.45. The van der Waals surface area contributed by atoms with Crippen molar-refractivity contribution in [2.24, 2.45) is 0 Å². The first-order valence-corrected chi connectivity index (χ1v) is 9.00. The quantitative estimate of drug-likeness (QED) is 0.817. The third kappa shape index (κ3) is 4.65. The van der Waals surface area contributed by atoms with Crippen molar-refractivity contribution in [1.82, 2.24) is 4.90 Å². The van der Waals surface area contributed by atoms with Gasteiger partial charge in [-0.1, -0.05) is 30.3 Å². The van der Waals surface area contributed by atoms with Gasteiger partial charge in [0.25, 0.3) is 5.91 Å². The molecule has 0 spiro atoms. The van der Waals surface area contributed by atoms with Crippen molar-refractivity contribution in [3.05, 3.63) is 65.7 Å². The number of carboxylic acid groups (broad SMARTS) is 1. The maximum Gasteiger partial charge on any atom is 0.306 e. The van der Waals surface area contributed by atoms with Gasteiger partial charge in [0, 0.05) is 18.7 Å². The van der Waals surface area contributed by atoms with Crippen molar-refractivity contribution in [3.8, 4) is 5.75 Å². The first kappa shape index (κ1) is 18.9. The lowest BCUT2D eigenvalue weighted by atomic mass is 9.84. The lowest BCUT2D eigenvalue weighted by molar-refractivity contribution is -0.137. The van der Waals surface area contributed by atoms with Crippen molar-refractivity contribution < 1.29 is 24.5 Å². The van der Waals surface area contributed by atoms with Crippen LogP contribution in [0.4, 0.5) is 0 Å². The molecule has 2 aromatic carbocycles. The Kier molecular flexibility index (Phi) is 5.76. The molecule has 27 heavy (non-hydrogen) atoms. The number of aliphatic carboxylic acids is 1. The number of aliphatic hydroxyl groups is 1. The van der Waals surface area contributed by atoms with Crippen LogP contribution in [-0.2, 0) is 10.4 Å². The normalized spacial score (nSPS) is 16.0. The van der Waals surface area contributed by atoms with E-state index in [-0.39, 0.29) is 18.9 Å². The van der Waals surface area contributed by atoms with Crippen LogP contribution in [0.2, 0.25) is 0 Å². The summed E-state index contributed by atoms with van der Waals surface area (Å²) >= 11 is 0. The van der Waals surface area contributed by atoms with E-state index in [9.17, 15) is 14.7 Å². The second-order valence-corrected chi connectivity index (χ2v) is 6.71. The predicted octanol–water partition coefficient (Wildman–Crippen LogP) is 2.66. The van der Waals surface area contributed by atoms with Gasteiger partial charge in [-0.25, -0.2) is 0 Å². The van der Waals surface area contributed by atoms with Crippen LogP contribution in [0, 0.1) is 0 Å². The molecule has 6 heteroatoms. The molecule has 3 rings (SSSR count). The zero-order valence-electron chi connectivity index (χ0n) is 15.0. The van der Waals surface area contributed by atoms with Gasteiger partial charge in [0.1, 0.15) is 5.75 Å². The monoisotopic (exact) mass is 369 g/mol. The Morgan fingerprint density at radius 2 is 1.74 bits per heavy atom. The molecule has 1 aliphatic heterocycles. The Morgan fingerprint density at radius 1 is 1.04 bits per heavy atom. The zero-order chi connectivity index (χ0) is 19.3. The number of ether oxygens (including phenoxy) is 1. The summed E-state index contributed by atoms with van der Waals surface area (Å²) in [6.07, 6.45) is 0.791. The van der Waals surface area contributed by atoms with Crippen LogP contribution in [0.3, 0.4) is 0 Å². The molecule has 0 unspecified atom stereocenters. The summed E-state index contributed by atoms with van der Waals surface area (Å²) in [5, 5.41) is 19.8. The fourth-order valence-corrected chi connectivity index (χ4v) is 3.26. The van der Waals surface area contributed by atoms with Crippen LogP contribution in [0.1, 0.15) is 35.2 Å². The minimum absolute atomic E-state index is 0.0246. The van der Waals surface area contributed by atoms with E-state index < -0.39 is 11.6 Å². The molecule has 1 heterocycles. The molecule has 2 aromatic rings. The molecule has 2 N–H and O–H groups in total. The summed E-state index contributed by atoms with van der Waals surface area (Å²) in [6, 6.07) is 16.2. The molecule has 1 saturated heterocycles. The second kappa shape index (κ2) is 8.22. The van der Waals surface area contributed by atoms with Gasteiger partial charge < -0.3 is 19.8 Å². The van der Waals surface area contributed by atoms with Gasteiger partial charge in [-0.2, -0.15) is 0 Å². The number of piperidine rings is 1. The smallest absolute Gasteiger partial charge is 0.306 e. The van der Waals surface area contributed by atoms with Crippen LogP contribution >= 0.6 is 0 Å². The van der Waals surface area contributed by atoms with Crippen LogP contribution in [-0.4, -0.2) is 46.7 Å². The Morgan fingerprint density at radius 3 is 2.41 bits per heavy atom. The van der Waals surface area contributed by atoms with Crippen molar-refractivity contribution in [2.75, 3.05) is 19.7 Å². The Hall–Kier alpha value is -2.86. The predicted molar refractivity (Wildman–Crippen MR) is 99.7 cm³/mol. The number of hydrogen-bond donors (Lipinski definition) is 2. The van der Waals surface area contributed by atoms with E-state index in [1.165, 1.54) is 0 Å². The number of nitrogens with zero attached hydrogens (tertiary/aromatic N) is 1. The van der Waals surface area contributed by atoms with Crippen molar-refractivity contribution in [1.29, 1.82) is 0 Å². The maximum absolute atomic E-state index is 12.6. The fraction of sp³-hybridized carbons (Fsp3) is 0.333. The third-order valence-corrected chi connectivity index (χ3v) is 4.85. The maximum atomic E-state index is 12.6. The average Bonchev–Trinajstić information content (AvgIpc) is 2.69. The number of rotatable bonds is 6. The summed E-state index contributed by atoms with van der Waals surface area (Å²) in [7, 11) is 0. The Labute approximate surface area is 158 Å². The highest BCUT2D eigenvalue weighted by molar-refractivity contribution is 5.94. The molecule has 0 aliphatic carbocycles. The molecule has 0 atom stereocenters. The molecular weight excluding hydrogens is 346 g/mol. The van der Waals surface area contributed by atoms with Crippen LogP contribution in [0.5, 0.6) is 5.75 Å². The van der Waals surface area contributed by atoms with Gasteiger partial charge in [-0.15, -0.1) is 0 Å². The standard InChI is InChI=1S/C21H23NO5/c23-19(24)9-14-27-18-8-4-7-17(15-18)21(26)10-12-22(13-11-21)20(25)16-5-2-1-3-6-16/h1-8,15,26H,9-14H2,(H,23,24). The van der Waals surface area contributed by atoms with Gasteiger partial charge in [-0.05, 0) is 42.7 Å². The molecule has 0 saturated carbocycles. The highest BCUT2D eigenvalue weighted by atomic mass is 16.5. The number of likely N-dealkylation sites (tertiary alicyclic amines) is 1. The Balaban J connectivity index is 1.63. The van der Waals surface area contributed by atoms with E-state index >= 15 is 0 Å². The lowest BCUT2D eigenvalue weighted by Gasteiger charge is -2.38. The molecule has 0 bridgehead atoms. The van der Waals surface area contributed by atoms with Crippen LogP contribution < -0.4 is 4.74 Å². The molecule has 6 nitrogen and oxygen atoms in total. The fourth-order valence-electron chi connectivity index (χ4n) is 3.26. The van der Waals surface area contributed by atoms with Gasteiger partial charge in [0.05, 0.1) is 18.6 Å². The second-order valence-electron chi connectivity index (χ2n) is 6.71. The first-order chi connectivity index (χ1) is 13.0. The van der Waals surface area contributed by atoms with E-state index in [1.807, 2.05) is 24.3 Å². The van der Waals surface area contributed by atoms with Crippen molar-refractivity contribution in [3.63, 3.8) is 0 Å². The molecule has 1 aliphatic rings. The number of hydrogen-bond acceptors (Lipinski definition) is 4. The summed E-state index contributed by atoms with van der Waals surface area (Å²) in [6.45, 7) is 1.01. The van der Waals surface area contributed by atoms with E-state index in [2.05, 4.69) is 0 Å². The van der Waals surface area contributed by atoms with Crippen LogP contribution in [0.25, 0.3) is 0 Å². The van der Waals surface area contributed by atoms with Crippen molar-refractivity contribution >= 4 is 11.9 Å². The van der Waals surface area contributed by atoms with E-state index in [0.29, 0.717) is 37.2 Å². The lowest BCUT2D eigenvalue weighted by Crippen LogP contribution is -2.45. The van der Waals surface area contributed by atoms with E-state index in [0.717, 1.165) is 5.56 Å². The van der Waals surface area contributed by atoms with Gasteiger partial charge in [0.2, 0.25) is 0 Å². The summed E-state index contributed by atoms with van der Waals surface area (Å²) in [4.78, 5) is 24.9. The highest BCUT2D eigenvalue weighted by Gasteiger charge is 2.35. The van der Waals surface area contributed by atoms with Gasteiger partial charge >= 0.3 is 5.97 Å². The van der Waals surface area contributed by atoms with Gasteiger partial charge in [0.15, 0.2) is 0 Å². The van der Waals surface area contributed by atoms with E-state index in [4.69, 9.17) is 9.84 Å². The molecular formula is C21H23NO5. The minimum atomic E-state index is -1.03. The number of carbonyl (C=O) groups excluding carboxylic acids is 1. The number of carbonyl (C=O) groups is 2. The molecule has 142 valence electrons. The topological polar surface area (TPSA) is 87.1 Å². The molecule has 0 aromatic heterocycles. The molecule has 0 radical (unpaired) electrons. The zero-order valence-corrected chi connectivity index (χ0v) is 15.0. The summed E-state index contributed by atoms with van der Waals surface area (Å²) in [5.41, 5.74) is 0.346. The van der Waals surface area contributed by atoms with E-state index in [1.54, 1.807) is 35.2 Å². The molecule has 1 fully saturated rings. The minimum Gasteiger partial charge on any atom is -0.493 e. The highest BCUT2D eigenvalue weighted by Crippen LogP contribution is 2.34. The third-order valence-electron chi connectivity index (χ3n) is 4.85. The van der Waals surface area contributed by atoms with Crippen LogP contribution in [0.15, 0.2) is 54.6 Å². The number of amides is 1. The van der Waals surface area contributed by atoms with Crippen molar-refractivity contribution in [2.45, 2.75) is 24.9 Å². The van der Waals surface area contributed by atoms with Gasteiger partial charge in [-0.3, -0.25) is 9.59 Å². The first-order valence-electron chi connectivity index (χ1n) is 9.00. The SMILES string of the molecule is O=C(O)CCOc1cccc(C2(O)CCN(C(=O)c3ccccc3)CC2)c1. The number of benzene rings is 2. The average molecular weight is 369 g/mol. The Bertz CT molecular complexity index is 797.